The number of aryl methyl sites for hydroxylation is 2. The molecule has 214 valence electrons. The van der Waals surface area contributed by atoms with Crippen molar-refractivity contribution >= 4 is 23.9 Å². The number of hydrogen-bond acceptors (Lipinski definition) is 8. The molecule has 1 N–H and O–H groups in total. The number of nitrogens with zero attached hydrogens (tertiary/aromatic N) is 1. The van der Waals surface area contributed by atoms with Crippen LogP contribution >= 0.6 is 0 Å². The lowest BCUT2D eigenvalue weighted by Crippen LogP contribution is -2.48. The van der Waals surface area contributed by atoms with E-state index in [9.17, 15) is 24.3 Å². The summed E-state index contributed by atoms with van der Waals surface area (Å²) < 4.78 is 16.4. The highest BCUT2D eigenvalue weighted by molar-refractivity contribution is 5.95. The molecular weight excluding hydrogens is 526 g/mol. The Morgan fingerprint density at radius 1 is 0.780 bits per heavy atom. The lowest BCUT2D eigenvalue weighted by Gasteiger charge is -2.25. The first-order valence-electron chi connectivity index (χ1n) is 13.4. The van der Waals surface area contributed by atoms with Crippen LogP contribution in [0, 0.1) is 19.8 Å². The van der Waals surface area contributed by atoms with Crippen LogP contribution < -0.4 is 0 Å². The predicted molar refractivity (Wildman–Crippen MR) is 149 cm³/mol. The standard InChI is InChI=1S/C32H33NO8/c1-20-9-13-24(14-10-20)30(36)40-27(29(34)35)28(41-31(37)25-15-11-21(2)12-16-25)32(38)39-26-19-33(17-22(26)3)18-23-7-5-4-6-8-23/h4-16,22,26-28H,17-19H2,1-3H3,(H,34,35)/t22-,26-,27+,28+/m0/s1. The number of carboxylic acid groups (broad SMARTS) is 1. The van der Waals surface area contributed by atoms with Crippen LogP contribution in [0.5, 0.6) is 0 Å². The number of carbonyl (C=O) groups is 4. The summed E-state index contributed by atoms with van der Waals surface area (Å²) in [5, 5.41) is 9.99. The molecule has 0 unspecified atom stereocenters. The maximum absolute atomic E-state index is 13.5. The van der Waals surface area contributed by atoms with Crippen molar-refractivity contribution in [2.24, 2.45) is 5.92 Å². The van der Waals surface area contributed by atoms with Crippen LogP contribution in [0.4, 0.5) is 0 Å². The molecule has 0 radical (unpaired) electrons. The van der Waals surface area contributed by atoms with E-state index in [0.29, 0.717) is 19.6 Å². The van der Waals surface area contributed by atoms with Gasteiger partial charge in [0, 0.05) is 25.6 Å². The van der Waals surface area contributed by atoms with Gasteiger partial charge in [-0.25, -0.2) is 19.2 Å². The van der Waals surface area contributed by atoms with Gasteiger partial charge in [0.1, 0.15) is 6.10 Å². The van der Waals surface area contributed by atoms with Crippen molar-refractivity contribution in [1.29, 1.82) is 0 Å². The van der Waals surface area contributed by atoms with E-state index in [0.717, 1.165) is 16.7 Å². The van der Waals surface area contributed by atoms with E-state index in [1.54, 1.807) is 24.3 Å². The molecule has 9 heteroatoms. The fourth-order valence-electron chi connectivity index (χ4n) is 4.60. The third-order valence-corrected chi connectivity index (χ3v) is 6.93. The number of aliphatic carboxylic acids is 1. The van der Waals surface area contributed by atoms with Crippen molar-refractivity contribution < 1.29 is 38.5 Å². The molecule has 4 rings (SSSR count). The molecule has 1 saturated heterocycles. The minimum atomic E-state index is -2.14. The molecule has 0 spiro atoms. The average Bonchev–Trinajstić information content (AvgIpc) is 3.29. The molecule has 0 amide bonds. The maximum atomic E-state index is 13.5. The van der Waals surface area contributed by atoms with Gasteiger partial charge in [-0.3, -0.25) is 4.90 Å². The Balaban J connectivity index is 1.54. The Morgan fingerprint density at radius 2 is 1.29 bits per heavy atom. The third-order valence-electron chi connectivity index (χ3n) is 6.93. The number of likely N-dealkylation sites (tertiary alicyclic amines) is 1. The molecule has 3 aromatic rings. The van der Waals surface area contributed by atoms with E-state index < -0.39 is 42.2 Å². The fraction of sp³-hybridized carbons (Fsp3) is 0.312. The minimum absolute atomic E-state index is 0.0745. The van der Waals surface area contributed by atoms with Crippen molar-refractivity contribution in [3.8, 4) is 0 Å². The number of hydrogen-bond donors (Lipinski definition) is 1. The van der Waals surface area contributed by atoms with Crippen LogP contribution in [0.1, 0.15) is 44.3 Å². The largest absolute Gasteiger partial charge is 0.478 e. The number of benzene rings is 3. The number of carbonyl (C=O) groups excluding carboxylic acids is 3. The number of carboxylic acids is 1. The van der Waals surface area contributed by atoms with Gasteiger partial charge in [-0.15, -0.1) is 0 Å². The summed E-state index contributed by atoms with van der Waals surface area (Å²) in [5.41, 5.74) is 3.07. The highest BCUT2D eigenvalue weighted by atomic mass is 16.6. The van der Waals surface area contributed by atoms with Crippen LogP contribution in [0.3, 0.4) is 0 Å². The van der Waals surface area contributed by atoms with Gasteiger partial charge in [-0.2, -0.15) is 0 Å². The Labute approximate surface area is 238 Å². The second-order valence-electron chi connectivity index (χ2n) is 10.4. The molecule has 0 aromatic heterocycles. The first kappa shape index (κ1) is 29.5. The van der Waals surface area contributed by atoms with Crippen LogP contribution in [0.25, 0.3) is 0 Å². The Morgan fingerprint density at radius 3 is 1.80 bits per heavy atom. The van der Waals surface area contributed by atoms with Gasteiger partial charge in [0.25, 0.3) is 0 Å². The van der Waals surface area contributed by atoms with Crippen LogP contribution in [-0.4, -0.2) is 65.3 Å². The fourth-order valence-corrected chi connectivity index (χ4v) is 4.60. The summed E-state index contributed by atoms with van der Waals surface area (Å²) in [7, 11) is 0. The van der Waals surface area contributed by atoms with E-state index in [4.69, 9.17) is 14.2 Å². The summed E-state index contributed by atoms with van der Waals surface area (Å²) in [6.45, 7) is 7.28. The smallest absolute Gasteiger partial charge is 0.352 e. The third kappa shape index (κ3) is 7.79. The van der Waals surface area contributed by atoms with Crippen molar-refractivity contribution in [2.75, 3.05) is 13.1 Å². The van der Waals surface area contributed by atoms with Crippen molar-refractivity contribution in [3.05, 3.63) is 107 Å². The maximum Gasteiger partial charge on any atom is 0.352 e. The molecule has 4 atom stereocenters. The van der Waals surface area contributed by atoms with Gasteiger partial charge < -0.3 is 19.3 Å². The van der Waals surface area contributed by atoms with Crippen molar-refractivity contribution in [1.82, 2.24) is 4.90 Å². The van der Waals surface area contributed by atoms with E-state index >= 15 is 0 Å². The average molecular weight is 560 g/mol. The van der Waals surface area contributed by atoms with Gasteiger partial charge in [-0.05, 0) is 43.7 Å². The Hall–Kier alpha value is -4.50. The molecule has 1 aliphatic heterocycles. The van der Waals surface area contributed by atoms with Crippen molar-refractivity contribution in [3.63, 3.8) is 0 Å². The monoisotopic (exact) mass is 559 g/mol. The second-order valence-corrected chi connectivity index (χ2v) is 10.4. The summed E-state index contributed by atoms with van der Waals surface area (Å²) in [6, 6.07) is 22.5. The highest BCUT2D eigenvalue weighted by Gasteiger charge is 2.44. The molecule has 1 aliphatic rings. The van der Waals surface area contributed by atoms with Crippen LogP contribution in [0.15, 0.2) is 78.9 Å². The van der Waals surface area contributed by atoms with Gasteiger partial charge in [-0.1, -0.05) is 72.6 Å². The summed E-state index contributed by atoms with van der Waals surface area (Å²) >= 11 is 0. The SMILES string of the molecule is Cc1ccc(C(=O)O[C@@H](C(=O)O)[C@@H](OC(=O)c2ccc(C)cc2)C(=O)O[C@H]2CN(Cc3ccccc3)C[C@@H]2C)cc1. The van der Waals surface area contributed by atoms with Crippen LogP contribution in [0.2, 0.25) is 0 Å². The minimum Gasteiger partial charge on any atom is -0.478 e. The quantitative estimate of drug-likeness (QED) is 0.288. The van der Waals surface area contributed by atoms with Crippen molar-refractivity contribution in [2.45, 2.75) is 45.6 Å². The topological polar surface area (TPSA) is 119 Å². The zero-order valence-electron chi connectivity index (χ0n) is 23.2. The molecule has 0 bridgehead atoms. The summed E-state index contributed by atoms with van der Waals surface area (Å²) in [5.74, 6) is -4.77. The molecule has 0 saturated carbocycles. The lowest BCUT2D eigenvalue weighted by atomic mass is 10.1. The van der Waals surface area contributed by atoms with Gasteiger partial charge in [0.15, 0.2) is 0 Å². The normalized spacial score (nSPS) is 18.2. The van der Waals surface area contributed by atoms with Gasteiger partial charge in [0.05, 0.1) is 11.1 Å². The van der Waals surface area contributed by atoms with Gasteiger partial charge in [0.2, 0.25) is 12.2 Å². The Kier molecular flexibility index (Phi) is 9.52. The summed E-state index contributed by atoms with van der Waals surface area (Å²) in [4.78, 5) is 53.7. The van der Waals surface area contributed by atoms with E-state index in [-0.39, 0.29) is 17.0 Å². The highest BCUT2D eigenvalue weighted by Crippen LogP contribution is 2.24. The molecule has 1 fully saturated rings. The predicted octanol–water partition coefficient (Wildman–Crippen LogP) is 4.20. The van der Waals surface area contributed by atoms with E-state index in [1.807, 2.05) is 51.1 Å². The zero-order valence-corrected chi connectivity index (χ0v) is 23.2. The van der Waals surface area contributed by atoms with Gasteiger partial charge >= 0.3 is 23.9 Å². The molecule has 3 aromatic carbocycles. The Bertz CT molecular complexity index is 1370. The first-order chi connectivity index (χ1) is 19.6. The zero-order chi connectivity index (χ0) is 29.5. The molecule has 0 aliphatic carbocycles. The number of rotatable bonds is 10. The molecule has 1 heterocycles. The molecular formula is C32H33NO8. The first-order valence-corrected chi connectivity index (χ1v) is 13.4. The number of esters is 3. The van der Waals surface area contributed by atoms with E-state index in [1.165, 1.54) is 24.3 Å². The second kappa shape index (κ2) is 13.2. The number of ether oxygens (including phenoxy) is 3. The lowest BCUT2D eigenvalue weighted by molar-refractivity contribution is -0.175. The molecule has 41 heavy (non-hydrogen) atoms. The van der Waals surface area contributed by atoms with E-state index in [2.05, 4.69) is 4.90 Å². The van der Waals surface area contributed by atoms with Crippen LogP contribution in [-0.2, 0) is 30.3 Å². The summed E-state index contributed by atoms with van der Waals surface area (Å²) in [6.07, 6.45) is -4.76. The molecule has 9 nitrogen and oxygen atoms in total.